The van der Waals surface area contributed by atoms with Crippen LogP contribution in [0.1, 0.15) is 24.2 Å². The normalized spacial score (nSPS) is 12.2. The van der Waals surface area contributed by atoms with Crippen molar-refractivity contribution < 1.29 is 4.74 Å². The van der Waals surface area contributed by atoms with E-state index in [9.17, 15) is 0 Å². The average Bonchev–Trinajstić information content (AvgIpc) is 2.38. The minimum absolute atomic E-state index is 0.0843. The number of aromatic nitrogens is 4. The van der Waals surface area contributed by atoms with Crippen LogP contribution >= 0.6 is 0 Å². The van der Waals surface area contributed by atoms with Crippen molar-refractivity contribution in [3.63, 3.8) is 0 Å². The number of rotatable bonds is 3. The first-order valence-corrected chi connectivity index (χ1v) is 5.57. The fourth-order valence-electron chi connectivity index (χ4n) is 1.62. The number of hydrogen-bond donors (Lipinski definition) is 1. The highest BCUT2D eigenvalue weighted by molar-refractivity contribution is 5.50. The molecule has 94 valence electrons. The molecular formula is C12H15N5O. The van der Waals surface area contributed by atoms with E-state index < -0.39 is 0 Å². The summed E-state index contributed by atoms with van der Waals surface area (Å²) in [5.74, 6) is 1.02. The van der Waals surface area contributed by atoms with E-state index in [1.807, 2.05) is 13.8 Å². The number of nitrogens with two attached hydrogens (primary N) is 1. The van der Waals surface area contributed by atoms with Gasteiger partial charge in [-0.05, 0) is 13.8 Å². The van der Waals surface area contributed by atoms with Crippen LogP contribution in [0.4, 0.5) is 0 Å². The van der Waals surface area contributed by atoms with Gasteiger partial charge in [0.15, 0.2) is 5.82 Å². The largest absolute Gasteiger partial charge is 0.481 e. The Hall–Kier alpha value is -2.08. The summed E-state index contributed by atoms with van der Waals surface area (Å²) >= 11 is 0. The minimum atomic E-state index is -0.0843. The highest BCUT2D eigenvalue weighted by atomic mass is 16.5. The first-order chi connectivity index (χ1) is 8.61. The Kier molecular flexibility index (Phi) is 3.47. The predicted octanol–water partition coefficient (Wildman–Crippen LogP) is 1.27. The van der Waals surface area contributed by atoms with Crippen LogP contribution in [0.3, 0.4) is 0 Å². The highest BCUT2D eigenvalue weighted by Gasteiger charge is 2.10. The van der Waals surface area contributed by atoms with Gasteiger partial charge in [0.2, 0.25) is 5.88 Å². The Labute approximate surface area is 105 Å². The lowest BCUT2D eigenvalue weighted by Gasteiger charge is -2.09. The lowest BCUT2D eigenvalue weighted by atomic mass is 10.1. The molecule has 0 saturated heterocycles. The molecule has 2 heterocycles. The van der Waals surface area contributed by atoms with E-state index in [-0.39, 0.29) is 6.04 Å². The summed E-state index contributed by atoms with van der Waals surface area (Å²) in [6.45, 7) is 3.81. The molecule has 0 amide bonds. The first kappa shape index (κ1) is 12.4. The van der Waals surface area contributed by atoms with Crippen molar-refractivity contribution in [3.05, 3.63) is 29.8 Å². The van der Waals surface area contributed by atoms with Crippen molar-refractivity contribution in [1.29, 1.82) is 0 Å². The van der Waals surface area contributed by atoms with Gasteiger partial charge < -0.3 is 10.5 Å². The molecule has 1 unspecified atom stereocenters. The van der Waals surface area contributed by atoms with Gasteiger partial charge in [0, 0.05) is 29.6 Å². The van der Waals surface area contributed by atoms with Crippen LogP contribution in [0.15, 0.2) is 18.6 Å². The van der Waals surface area contributed by atoms with Crippen LogP contribution in [0.5, 0.6) is 5.88 Å². The van der Waals surface area contributed by atoms with Gasteiger partial charge >= 0.3 is 0 Å². The maximum absolute atomic E-state index is 5.82. The lowest BCUT2D eigenvalue weighted by Crippen LogP contribution is -2.09. The van der Waals surface area contributed by atoms with Crippen LogP contribution in [0.2, 0.25) is 0 Å². The molecule has 0 radical (unpaired) electrons. The standard InChI is InChI=1S/C12H15N5O/c1-7(13)9-5-14-12(17-8(9)2)10-4-11(18-3)16-6-15-10/h4-7H,13H2,1-3H3. The molecule has 0 saturated carbocycles. The zero-order valence-electron chi connectivity index (χ0n) is 10.6. The zero-order chi connectivity index (χ0) is 13.1. The van der Waals surface area contributed by atoms with Crippen LogP contribution in [0.25, 0.3) is 11.5 Å². The van der Waals surface area contributed by atoms with Gasteiger partial charge in [-0.1, -0.05) is 0 Å². The lowest BCUT2D eigenvalue weighted by molar-refractivity contribution is 0.397. The SMILES string of the molecule is COc1cc(-c2ncc(C(C)N)c(C)n2)ncn1. The summed E-state index contributed by atoms with van der Waals surface area (Å²) < 4.78 is 5.04. The summed E-state index contributed by atoms with van der Waals surface area (Å²) in [4.78, 5) is 16.7. The van der Waals surface area contributed by atoms with Crippen molar-refractivity contribution in [1.82, 2.24) is 19.9 Å². The number of hydrogen-bond acceptors (Lipinski definition) is 6. The maximum atomic E-state index is 5.82. The molecule has 2 aromatic heterocycles. The summed E-state index contributed by atoms with van der Waals surface area (Å²) in [5.41, 5.74) is 8.23. The van der Waals surface area contributed by atoms with Gasteiger partial charge in [0.05, 0.1) is 7.11 Å². The van der Waals surface area contributed by atoms with Crippen molar-refractivity contribution in [2.24, 2.45) is 5.73 Å². The van der Waals surface area contributed by atoms with Crippen molar-refractivity contribution in [2.75, 3.05) is 7.11 Å². The van der Waals surface area contributed by atoms with E-state index in [1.54, 1.807) is 19.4 Å². The molecular weight excluding hydrogens is 230 g/mol. The van der Waals surface area contributed by atoms with Gasteiger partial charge in [-0.25, -0.2) is 19.9 Å². The molecule has 2 aromatic rings. The Morgan fingerprint density at radius 2 is 2.06 bits per heavy atom. The van der Waals surface area contributed by atoms with Gasteiger partial charge in [-0.3, -0.25) is 0 Å². The van der Waals surface area contributed by atoms with Crippen molar-refractivity contribution in [3.8, 4) is 17.4 Å². The molecule has 2 rings (SSSR count). The van der Waals surface area contributed by atoms with Crippen LogP contribution in [-0.2, 0) is 0 Å². The average molecular weight is 245 g/mol. The second-order valence-electron chi connectivity index (χ2n) is 3.97. The fourth-order valence-corrected chi connectivity index (χ4v) is 1.62. The Balaban J connectivity index is 2.42. The highest BCUT2D eigenvalue weighted by Crippen LogP contribution is 2.19. The van der Waals surface area contributed by atoms with E-state index >= 15 is 0 Å². The van der Waals surface area contributed by atoms with E-state index in [0.717, 1.165) is 11.3 Å². The molecule has 18 heavy (non-hydrogen) atoms. The molecule has 0 bridgehead atoms. The molecule has 0 aliphatic carbocycles. The van der Waals surface area contributed by atoms with Gasteiger partial charge in [0.1, 0.15) is 12.0 Å². The summed E-state index contributed by atoms with van der Waals surface area (Å²) in [6, 6.07) is 1.61. The topological polar surface area (TPSA) is 86.8 Å². The third-order valence-corrected chi connectivity index (χ3v) is 2.59. The zero-order valence-corrected chi connectivity index (χ0v) is 10.6. The van der Waals surface area contributed by atoms with Crippen molar-refractivity contribution in [2.45, 2.75) is 19.9 Å². The summed E-state index contributed by atoms with van der Waals surface area (Å²) in [5, 5.41) is 0. The Bertz CT molecular complexity index is 556. The summed E-state index contributed by atoms with van der Waals surface area (Å²) in [7, 11) is 1.55. The molecule has 6 nitrogen and oxygen atoms in total. The Morgan fingerprint density at radius 1 is 1.28 bits per heavy atom. The number of ether oxygens (including phenoxy) is 1. The quantitative estimate of drug-likeness (QED) is 0.876. The Morgan fingerprint density at radius 3 is 2.67 bits per heavy atom. The van der Waals surface area contributed by atoms with Crippen molar-refractivity contribution >= 4 is 0 Å². The monoisotopic (exact) mass is 245 g/mol. The molecule has 1 atom stereocenters. The smallest absolute Gasteiger partial charge is 0.216 e. The van der Waals surface area contributed by atoms with Crippen LogP contribution < -0.4 is 10.5 Å². The predicted molar refractivity (Wildman–Crippen MR) is 66.9 cm³/mol. The molecule has 2 N–H and O–H groups in total. The number of methoxy groups -OCH3 is 1. The molecule has 0 aliphatic heterocycles. The van der Waals surface area contributed by atoms with Crippen LogP contribution in [-0.4, -0.2) is 27.0 Å². The first-order valence-electron chi connectivity index (χ1n) is 5.57. The molecule has 0 spiro atoms. The van der Waals surface area contributed by atoms with E-state index in [1.165, 1.54) is 6.33 Å². The maximum Gasteiger partial charge on any atom is 0.216 e. The number of nitrogens with zero attached hydrogens (tertiary/aromatic N) is 4. The third kappa shape index (κ3) is 2.43. The van der Waals surface area contributed by atoms with E-state index in [4.69, 9.17) is 10.5 Å². The molecule has 6 heteroatoms. The van der Waals surface area contributed by atoms with E-state index in [0.29, 0.717) is 17.4 Å². The second-order valence-corrected chi connectivity index (χ2v) is 3.97. The second kappa shape index (κ2) is 5.05. The van der Waals surface area contributed by atoms with Gasteiger partial charge in [-0.15, -0.1) is 0 Å². The van der Waals surface area contributed by atoms with Gasteiger partial charge in [0.25, 0.3) is 0 Å². The van der Waals surface area contributed by atoms with Crippen LogP contribution in [0, 0.1) is 6.92 Å². The number of aryl methyl sites for hydroxylation is 1. The molecule has 0 aromatic carbocycles. The van der Waals surface area contributed by atoms with Gasteiger partial charge in [-0.2, -0.15) is 0 Å². The fraction of sp³-hybridized carbons (Fsp3) is 0.333. The molecule has 0 aliphatic rings. The third-order valence-electron chi connectivity index (χ3n) is 2.59. The minimum Gasteiger partial charge on any atom is -0.481 e. The summed E-state index contributed by atoms with van der Waals surface area (Å²) in [6.07, 6.45) is 3.16. The molecule has 0 fully saturated rings. The van der Waals surface area contributed by atoms with E-state index in [2.05, 4.69) is 19.9 Å².